The second kappa shape index (κ2) is 8.10. The summed E-state index contributed by atoms with van der Waals surface area (Å²) in [5.74, 6) is 2.81. The SMILES string of the molecule is COc1ccc(/C=C2/Oc3cc(OCc4cccc(OC)c4)ccc3C2=O)cc1. The van der Waals surface area contributed by atoms with Gasteiger partial charge in [-0.3, -0.25) is 4.79 Å². The molecule has 0 aliphatic carbocycles. The Morgan fingerprint density at radius 1 is 0.862 bits per heavy atom. The summed E-state index contributed by atoms with van der Waals surface area (Å²) >= 11 is 0. The molecule has 0 saturated carbocycles. The number of ketones is 1. The van der Waals surface area contributed by atoms with Gasteiger partial charge in [0.05, 0.1) is 19.8 Å². The molecular weight excluding hydrogens is 368 g/mol. The van der Waals surface area contributed by atoms with E-state index in [0.717, 1.165) is 22.6 Å². The summed E-state index contributed by atoms with van der Waals surface area (Å²) < 4.78 is 22.0. The number of methoxy groups -OCH3 is 2. The molecule has 0 fully saturated rings. The highest BCUT2D eigenvalue weighted by Gasteiger charge is 2.27. The van der Waals surface area contributed by atoms with E-state index in [0.29, 0.717) is 23.7 Å². The summed E-state index contributed by atoms with van der Waals surface area (Å²) in [6.45, 7) is 0.387. The summed E-state index contributed by atoms with van der Waals surface area (Å²) in [6, 6.07) is 20.3. The zero-order chi connectivity index (χ0) is 20.2. The maximum Gasteiger partial charge on any atom is 0.231 e. The van der Waals surface area contributed by atoms with Gasteiger partial charge in [0.1, 0.15) is 29.6 Å². The summed E-state index contributed by atoms with van der Waals surface area (Å²) in [7, 11) is 3.24. The van der Waals surface area contributed by atoms with Crippen LogP contribution in [-0.2, 0) is 6.61 Å². The molecule has 3 aromatic rings. The molecule has 29 heavy (non-hydrogen) atoms. The fourth-order valence-electron chi connectivity index (χ4n) is 3.04. The van der Waals surface area contributed by atoms with E-state index < -0.39 is 0 Å². The predicted molar refractivity (Wildman–Crippen MR) is 110 cm³/mol. The van der Waals surface area contributed by atoms with Crippen LogP contribution in [-0.4, -0.2) is 20.0 Å². The first-order valence-electron chi connectivity index (χ1n) is 9.14. The van der Waals surface area contributed by atoms with Gasteiger partial charge in [0.15, 0.2) is 5.76 Å². The lowest BCUT2D eigenvalue weighted by atomic mass is 10.1. The first-order chi connectivity index (χ1) is 14.2. The highest BCUT2D eigenvalue weighted by Crippen LogP contribution is 2.35. The molecule has 0 N–H and O–H groups in total. The number of Topliss-reactive ketones (excluding diaryl/α,β-unsaturated/α-hetero) is 1. The number of benzene rings is 3. The minimum atomic E-state index is -0.143. The molecule has 0 spiro atoms. The van der Waals surface area contributed by atoms with Crippen molar-refractivity contribution in [1.82, 2.24) is 0 Å². The van der Waals surface area contributed by atoms with Gasteiger partial charge in [-0.25, -0.2) is 0 Å². The van der Waals surface area contributed by atoms with E-state index >= 15 is 0 Å². The average molecular weight is 388 g/mol. The van der Waals surface area contributed by atoms with Crippen molar-refractivity contribution in [2.75, 3.05) is 14.2 Å². The molecule has 146 valence electrons. The monoisotopic (exact) mass is 388 g/mol. The largest absolute Gasteiger partial charge is 0.497 e. The van der Waals surface area contributed by atoms with Gasteiger partial charge >= 0.3 is 0 Å². The van der Waals surface area contributed by atoms with Gasteiger partial charge in [0.25, 0.3) is 0 Å². The molecule has 0 atom stereocenters. The van der Waals surface area contributed by atoms with E-state index in [9.17, 15) is 4.79 Å². The van der Waals surface area contributed by atoms with E-state index in [-0.39, 0.29) is 11.5 Å². The van der Waals surface area contributed by atoms with Crippen LogP contribution in [0.2, 0.25) is 0 Å². The summed E-state index contributed by atoms with van der Waals surface area (Å²) in [4.78, 5) is 12.6. The standard InChI is InChI=1S/C24H20O5/c1-26-18-8-6-16(7-9-18)13-23-24(25)21-11-10-20(14-22(21)29-23)28-15-17-4-3-5-19(12-17)27-2/h3-14H,15H2,1-2H3/b23-13+. The Morgan fingerprint density at radius 2 is 1.62 bits per heavy atom. The van der Waals surface area contributed by atoms with Crippen LogP contribution in [0.25, 0.3) is 6.08 Å². The zero-order valence-electron chi connectivity index (χ0n) is 16.2. The first kappa shape index (κ1) is 18.6. The van der Waals surface area contributed by atoms with E-state index in [4.69, 9.17) is 18.9 Å². The predicted octanol–water partition coefficient (Wildman–Crippen LogP) is 4.90. The van der Waals surface area contributed by atoms with E-state index in [1.54, 1.807) is 38.5 Å². The van der Waals surface area contributed by atoms with E-state index in [2.05, 4.69) is 0 Å². The molecule has 5 nitrogen and oxygen atoms in total. The normalized spacial score (nSPS) is 13.7. The van der Waals surface area contributed by atoms with Crippen LogP contribution in [0.3, 0.4) is 0 Å². The third-order valence-corrected chi connectivity index (χ3v) is 4.59. The van der Waals surface area contributed by atoms with Crippen LogP contribution >= 0.6 is 0 Å². The summed E-state index contributed by atoms with van der Waals surface area (Å²) in [5, 5.41) is 0. The molecule has 0 unspecified atom stereocenters. The Labute approximate surface area is 169 Å². The molecule has 3 aromatic carbocycles. The molecule has 4 rings (SSSR count). The van der Waals surface area contributed by atoms with Gasteiger partial charge in [-0.05, 0) is 53.6 Å². The lowest BCUT2D eigenvalue weighted by Crippen LogP contribution is -1.98. The Balaban J connectivity index is 1.48. The quantitative estimate of drug-likeness (QED) is 0.562. The maximum absolute atomic E-state index is 12.6. The molecule has 1 aliphatic rings. The minimum absolute atomic E-state index is 0.143. The van der Waals surface area contributed by atoms with E-state index in [1.807, 2.05) is 48.5 Å². The summed E-state index contributed by atoms with van der Waals surface area (Å²) in [5.41, 5.74) is 2.37. The number of fused-ring (bicyclic) bond motifs is 1. The highest BCUT2D eigenvalue weighted by molar-refractivity contribution is 6.14. The van der Waals surface area contributed by atoms with Crippen molar-refractivity contribution < 1.29 is 23.7 Å². The average Bonchev–Trinajstić information content (AvgIpc) is 3.07. The third-order valence-electron chi connectivity index (χ3n) is 4.59. The molecule has 0 saturated heterocycles. The van der Waals surface area contributed by atoms with Crippen molar-refractivity contribution >= 4 is 11.9 Å². The van der Waals surface area contributed by atoms with Gasteiger partial charge < -0.3 is 18.9 Å². The van der Waals surface area contributed by atoms with Gasteiger partial charge in [-0.2, -0.15) is 0 Å². The van der Waals surface area contributed by atoms with Crippen LogP contribution in [0.4, 0.5) is 0 Å². The number of ether oxygens (including phenoxy) is 4. The highest BCUT2D eigenvalue weighted by atomic mass is 16.5. The van der Waals surface area contributed by atoms with Crippen molar-refractivity contribution in [3.8, 4) is 23.0 Å². The number of carbonyl (C=O) groups is 1. The van der Waals surface area contributed by atoms with Gasteiger partial charge in [0, 0.05) is 6.07 Å². The third kappa shape index (κ3) is 4.09. The molecule has 0 radical (unpaired) electrons. The second-order valence-corrected chi connectivity index (χ2v) is 6.51. The first-order valence-corrected chi connectivity index (χ1v) is 9.14. The van der Waals surface area contributed by atoms with Crippen molar-refractivity contribution in [3.05, 3.63) is 89.2 Å². The Kier molecular flexibility index (Phi) is 5.20. The van der Waals surface area contributed by atoms with Crippen molar-refractivity contribution in [2.24, 2.45) is 0 Å². The maximum atomic E-state index is 12.6. The molecular formula is C24H20O5. The second-order valence-electron chi connectivity index (χ2n) is 6.51. The number of hydrogen-bond donors (Lipinski definition) is 0. The topological polar surface area (TPSA) is 54.0 Å². The van der Waals surface area contributed by atoms with Crippen molar-refractivity contribution in [3.63, 3.8) is 0 Å². The van der Waals surface area contributed by atoms with Crippen LogP contribution in [0.5, 0.6) is 23.0 Å². The van der Waals surface area contributed by atoms with E-state index in [1.165, 1.54) is 0 Å². The molecule has 5 heteroatoms. The number of hydrogen-bond acceptors (Lipinski definition) is 5. The fourth-order valence-corrected chi connectivity index (χ4v) is 3.04. The summed E-state index contributed by atoms with van der Waals surface area (Å²) in [6.07, 6.45) is 1.72. The fraction of sp³-hybridized carbons (Fsp3) is 0.125. The Bertz CT molecular complexity index is 1070. The number of carbonyl (C=O) groups excluding carboxylic acids is 1. The Morgan fingerprint density at radius 3 is 2.38 bits per heavy atom. The minimum Gasteiger partial charge on any atom is -0.497 e. The molecule has 0 amide bonds. The zero-order valence-corrected chi connectivity index (χ0v) is 16.2. The van der Waals surface area contributed by atoms with Gasteiger partial charge in [0.2, 0.25) is 5.78 Å². The molecule has 1 heterocycles. The van der Waals surface area contributed by atoms with Gasteiger partial charge in [-0.15, -0.1) is 0 Å². The Hall–Kier alpha value is -3.73. The molecule has 0 aromatic heterocycles. The van der Waals surface area contributed by atoms with Gasteiger partial charge in [-0.1, -0.05) is 24.3 Å². The molecule has 0 bridgehead atoms. The van der Waals surface area contributed by atoms with Crippen LogP contribution in [0, 0.1) is 0 Å². The van der Waals surface area contributed by atoms with Crippen LogP contribution < -0.4 is 18.9 Å². The number of allylic oxidation sites excluding steroid dienone is 1. The molecule has 1 aliphatic heterocycles. The lowest BCUT2D eigenvalue weighted by Gasteiger charge is -2.08. The lowest BCUT2D eigenvalue weighted by molar-refractivity contribution is 0.101. The van der Waals surface area contributed by atoms with Crippen LogP contribution in [0.15, 0.2) is 72.5 Å². The smallest absolute Gasteiger partial charge is 0.231 e. The number of rotatable bonds is 6. The van der Waals surface area contributed by atoms with Crippen molar-refractivity contribution in [2.45, 2.75) is 6.61 Å². The van der Waals surface area contributed by atoms with Crippen molar-refractivity contribution in [1.29, 1.82) is 0 Å². The van der Waals surface area contributed by atoms with Crippen LogP contribution in [0.1, 0.15) is 21.5 Å².